The molecule has 0 aliphatic carbocycles. The average molecular weight is 463 g/mol. The number of likely N-dealkylation sites (tertiary alicyclic amines) is 1. The van der Waals surface area contributed by atoms with Crippen molar-refractivity contribution in [2.45, 2.75) is 51.6 Å². The lowest BCUT2D eigenvalue weighted by Gasteiger charge is -2.27. The zero-order chi connectivity index (χ0) is 23.7. The quantitative estimate of drug-likeness (QED) is 0.585. The predicted molar refractivity (Wildman–Crippen MR) is 134 cm³/mol. The van der Waals surface area contributed by atoms with Crippen LogP contribution in [0, 0.1) is 0 Å². The number of benzene rings is 1. The van der Waals surface area contributed by atoms with Crippen molar-refractivity contribution >= 4 is 28.5 Å². The summed E-state index contributed by atoms with van der Waals surface area (Å²) < 4.78 is 4.04. The Kier molecular flexibility index (Phi) is 6.41. The smallest absolute Gasteiger partial charge is 0.228 e. The minimum absolute atomic E-state index is 0.0171. The van der Waals surface area contributed by atoms with E-state index in [0.717, 1.165) is 60.5 Å². The summed E-state index contributed by atoms with van der Waals surface area (Å²) in [5.74, 6) is 0.763. The molecule has 1 fully saturated rings. The molecule has 1 N–H and O–H groups in total. The van der Waals surface area contributed by atoms with Gasteiger partial charge in [-0.3, -0.25) is 19.4 Å². The molecule has 0 radical (unpaired) electrons. The van der Waals surface area contributed by atoms with E-state index in [2.05, 4.69) is 40.0 Å². The number of aryl methyl sites for hydroxylation is 2. The maximum absolute atomic E-state index is 13.1. The Morgan fingerprint density at radius 1 is 1.12 bits per heavy atom. The van der Waals surface area contributed by atoms with Crippen LogP contribution < -0.4 is 10.2 Å². The molecule has 8 heteroatoms. The Bertz CT molecular complexity index is 1200. The molecule has 2 aliphatic heterocycles. The van der Waals surface area contributed by atoms with Crippen LogP contribution in [0.3, 0.4) is 0 Å². The Morgan fingerprint density at radius 3 is 2.82 bits per heavy atom. The number of para-hydroxylation sites is 1. The number of rotatable bonds is 7. The van der Waals surface area contributed by atoms with Crippen molar-refractivity contribution in [3.63, 3.8) is 0 Å². The highest BCUT2D eigenvalue weighted by Crippen LogP contribution is 2.33. The van der Waals surface area contributed by atoms with Gasteiger partial charge in [0.2, 0.25) is 11.8 Å². The van der Waals surface area contributed by atoms with Crippen LogP contribution in [0.4, 0.5) is 5.82 Å². The summed E-state index contributed by atoms with van der Waals surface area (Å²) in [6, 6.07) is 10.7. The molecule has 2 aliphatic rings. The van der Waals surface area contributed by atoms with Gasteiger partial charge in [0.25, 0.3) is 0 Å². The molecule has 0 bridgehead atoms. The molecule has 0 saturated carbocycles. The number of nitrogens with one attached hydrogen (secondary N) is 1. The summed E-state index contributed by atoms with van der Waals surface area (Å²) in [5.41, 5.74) is 3.10. The first-order valence-corrected chi connectivity index (χ1v) is 12.5. The average Bonchev–Trinajstić information content (AvgIpc) is 3.57. The molecule has 2 amide bonds. The topological polar surface area (TPSA) is 75.4 Å². The summed E-state index contributed by atoms with van der Waals surface area (Å²) in [6.07, 6.45) is 5.71. The van der Waals surface area contributed by atoms with E-state index in [4.69, 9.17) is 5.10 Å². The minimum atomic E-state index is -0.0433. The third-order valence-electron chi connectivity index (χ3n) is 7.27. The molecule has 4 heterocycles. The van der Waals surface area contributed by atoms with E-state index in [1.807, 2.05) is 29.9 Å². The second-order valence-corrected chi connectivity index (χ2v) is 9.41. The van der Waals surface area contributed by atoms with E-state index < -0.39 is 0 Å². The summed E-state index contributed by atoms with van der Waals surface area (Å²) >= 11 is 0. The minimum Gasteiger partial charge on any atom is -0.355 e. The molecular weight excluding hydrogens is 428 g/mol. The van der Waals surface area contributed by atoms with Gasteiger partial charge >= 0.3 is 0 Å². The van der Waals surface area contributed by atoms with Crippen molar-refractivity contribution in [2.75, 3.05) is 31.1 Å². The van der Waals surface area contributed by atoms with Gasteiger partial charge in [0.1, 0.15) is 5.82 Å². The van der Waals surface area contributed by atoms with Crippen LogP contribution in [-0.4, -0.2) is 63.3 Å². The monoisotopic (exact) mass is 462 g/mol. The molecule has 34 heavy (non-hydrogen) atoms. The van der Waals surface area contributed by atoms with Gasteiger partial charge in [-0.25, -0.2) is 4.68 Å². The van der Waals surface area contributed by atoms with Crippen molar-refractivity contribution in [1.29, 1.82) is 0 Å². The molecule has 1 unspecified atom stereocenters. The number of nitrogens with zero attached hydrogens (tertiary/aromatic N) is 5. The zero-order valence-electron chi connectivity index (χ0n) is 20.2. The van der Waals surface area contributed by atoms with Gasteiger partial charge < -0.3 is 9.88 Å². The molecular formula is C26H34N6O2. The molecule has 2 aromatic heterocycles. The molecule has 3 aromatic rings. The molecule has 180 valence electrons. The van der Waals surface area contributed by atoms with Gasteiger partial charge in [-0.2, -0.15) is 5.10 Å². The lowest BCUT2D eigenvalue weighted by atomic mass is 10.1. The second kappa shape index (κ2) is 9.62. The van der Waals surface area contributed by atoms with E-state index in [1.165, 1.54) is 6.42 Å². The predicted octanol–water partition coefficient (Wildman–Crippen LogP) is 3.16. The summed E-state index contributed by atoms with van der Waals surface area (Å²) in [7, 11) is 2.04. The van der Waals surface area contributed by atoms with Crippen LogP contribution in [-0.2, 0) is 23.2 Å². The third kappa shape index (κ3) is 4.34. The maximum Gasteiger partial charge on any atom is 0.228 e. The number of carbonyl (C=O) groups is 2. The lowest BCUT2D eigenvalue weighted by Crippen LogP contribution is -2.41. The summed E-state index contributed by atoms with van der Waals surface area (Å²) in [6.45, 7) is 6.41. The first-order valence-electron chi connectivity index (χ1n) is 12.5. The highest BCUT2D eigenvalue weighted by Gasteiger charge is 2.27. The van der Waals surface area contributed by atoms with Crippen molar-refractivity contribution < 1.29 is 9.59 Å². The van der Waals surface area contributed by atoms with Crippen molar-refractivity contribution in [3.8, 4) is 11.3 Å². The molecule has 5 rings (SSSR count). The van der Waals surface area contributed by atoms with Gasteiger partial charge in [-0.15, -0.1) is 0 Å². The van der Waals surface area contributed by atoms with Gasteiger partial charge in [0.15, 0.2) is 0 Å². The molecule has 1 saturated heterocycles. The van der Waals surface area contributed by atoms with E-state index in [9.17, 15) is 9.59 Å². The normalized spacial score (nSPS) is 18.4. The fourth-order valence-corrected chi connectivity index (χ4v) is 5.43. The van der Waals surface area contributed by atoms with Crippen LogP contribution in [0.25, 0.3) is 22.2 Å². The van der Waals surface area contributed by atoms with E-state index in [0.29, 0.717) is 19.1 Å². The number of hydrogen-bond acceptors (Lipinski definition) is 4. The van der Waals surface area contributed by atoms with Crippen LogP contribution >= 0.6 is 0 Å². The number of anilines is 1. The van der Waals surface area contributed by atoms with Crippen molar-refractivity contribution in [1.82, 2.24) is 24.6 Å². The largest absolute Gasteiger partial charge is 0.355 e. The Labute approximate surface area is 200 Å². The molecule has 1 atom stereocenters. The number of likely N-dealkylation sites (N-methyl/N-ethyl adjacent to an activating group) is 1. The summed E-state index contributed by atoms with van der Waals surface area (Å²) in [4.78, 5) is 29.7. The van der Waals surface area contributed by atoms with Crippen LogP contribution in [0.15, 0.2) is 36.5 Å². The first kappa shape index (κ1) is 22.7. The van der Waals surface area contributed by atoms with Crippen LogP contribution in [0.2, 0.25) is 0 Å². The Hall–Kier alpha value is -3.13. The Balaban J connectivity index is 1.24. The van der Waals surface area contributed by atoms with E-state index in [1.54, 1.807) is 4.90 Å². The summed E-state index contributed by atoms with van der Waals surface area (Å²) in [5, 5.41) is 9.02. The second-order valence-electron chi connectivity index (χ2n) is 9.41. The highest BCUT2D eigenvalue weighted by molar-refractivity contribution is 5.98. The fraction of sp³-hybridized carbons (Fsp3) is 0.500. The fourth-order valence-electron chi connectivity index (χ4n) is 5.43. The van der Waals surface area contributed by atoms with Gasteiger partial charge in [-0.1, -0.05) is 25.1 Å². The molecule has 8 nitrogen and oxygen atoms in total. The standard InChI is InChI=1S/C26H34N6O2/c1-3-30-13-6-8-19(30)17-27-24(33)11-12-26(34)31-14-7-15-32-25(31)16-22(28-32)21-18-29(2)23-10-5-4-9-20(21)23/h4-5,9-10,16,18-19H,3,6-8,11-15,17H2,1-2H3,(H,27,33). The lowest BCUT2D eigenvalue weighted by molar-refractivity contribution is -0.125. The highest BCUT2D eigenvalue weighted by atomic mass is 16.2. The van der Waals surface area contributed by atoms with Gasteiger partial charge in [-0.05, 0) is 38.4 Å². The third-order valence-corrected chi connectivity index (χ3v) is 7.27. The molecule has 0 spiro atoms. The van der Waals surface area contributed by atoms with Gasteiger partial charge in [0.05, 0.1) is 5.69 Å². The van der Waals surface area contributed by atoms with Crippen LogP contribution in [0.1, 0.15) is 39.0 Å². The number of carbonyl (C=O) groups excluding carboxylic acids is 2. The zero-order valence-corrected chi connectivity index (χ0v) is 20.2. The number of fused-ring (bicyclic) bond motifs is 2. The number of hydrogen-bond donors (Lipinski definition) is 1. The van der Waals surface area contributed by atoms with Crippen LogP contribution in [0.5, 0.6) is 0 Å². The van der Waals surface area contributed by atoms with E-state index in [-0.39, 0.29) is 24.7 Å². The van der Waals surface area contributed by atoms with Gasteiger partial charge in [0, 0.05) is 74.3 Å². The SMILES string of the molecule is CCN1CCCC1CNC(=O)CCC(=O)N1CCCn2nc(-c3cn(C)c4ccccc34)cc21. The van der Waals surface area contributed by atoms with Crippen molar-refractivity contribution in [3.05, 3.63) is 36.5 Å². The maximum atomic E-state index is 13.1. The Morgan fingerprint density at radius 2 is 1.97 bits per heavy atom. The number of amides is 2. The number of aromatic nitrogens is 3. The van der Waals surface area contributed by atoms with Crippen molar-refractivity contribution in [2.24, 2.45) is 7.05 Å². The van der Waals surface area contributed by atoms with E-state index >= 15 is 0 Å². The first-order chi connectivity index (χ1) is 16.5. The molecule has 1 aromatic carbocycles.